The van der Waals surface area contributed by atoms with Gasteiger partial charge in [0.05, 0.1) is 24.1 Å². The fourth-order valence-corrected chi connectivity index (χ4v) is 3.31. The van der Waals surface area contributed by atoms with E-state index < -0.39 is 0 Å². The van der Waals surface area contributed by atoms with Crippen LogP contribution in [0, 0.1) is 11.8 Å². The number of rotatable bonds is 5. The highest BCUT2D eigenvalue weighted by atomic mass is 16.5. The molecule has 0 aromatic carbocycles. The van der Waals surface area contributed by atoms with E-state index in [4.69, 9.17) is 4.74 Å². The molecule has 2 heterocycles. The lowest BCUT2D eigenvalue weighted by atomic mass is 10.00. The molecule has 3 fully saturated rings. The molecule has 1 atom stereocenters. The summed E-state index contributed by atoms with van der Waals surface area (Å²) >= 11 is 0. The molecule has 108 valence electrons. The molecule has 4 rings (SSSR count). The van der Waals surface area contributed by atoms with Gasteiger partial charge >= 0.3 is 0 Å². The van der Waals surface area contributed by atoms with Crippen molar-refractivity contribution < 1.29 is 9.53 Å². The van der Waals surface area contributed by atoms with Crippen LogP contribution in [0.3, 0.4) is 0 Å². The molecule has 1 amide bonds. The first-order valence-corrected chi connectivity index (χ1v) is 7.75. The average molecular weight is 275 g/mol. The van der Waals surface area contributed by atoms with E-state index in [9.17, 15) is 4.79 Å². The van der Waals surface area contributed by atoms with Crippen LogP contribution >= 0.6 is 0 Å². The Bertz CT molecular complexity index is 487. The number of carbonyl (C=O) groups excluding carboxylic acids is 1. The Morgan fingerprint density at radius 3 is 2.65 bits per heavy atom. The Labute approximate surface area is 118 Å². The number of hydrogen-bond acceptors (Lipinski definition) is 3. The molecule has 20 heavy (non-hydrogen) atoms. The smallest absolute Gasteiger partial charge is 0.254 e. The first kappa shape index (κ1) is 12.4. The van der Waals surface area contributed by atoms with Gasteiger partial charge in [-0.15, -0.1) is 0 Å². The summed E-state index contributed by atoms with van der Waals surface area (Å²) in [5.41, 5.74) is 1.66. The van der Waals surface area contributed by atoms with E-state index >= 15 is 0 Å². The zero-order valence-corrected chi connectivity index (χ0v) is 11.6. The van der Waals surface area contributed by atoms with E-state index in [1.165, 1.54) is 25.7 Å². The first-order chi connectivity index (χ1) is 9.83. The summed E-state index contributed by atoms with van der Waals surface area (Å²) < 4.78 is 5.41. The molecular formula is C15H21N3O2. The van der Waals surface area contributed by atoms with E-state index in [-0.39, 0.29) is 5.91 Å². The standard InChI is InChI=1S/C15H21N3O2/c19-15(17-13(9-1-2-9)10-3-4-10)12-7-16-18-14(12)11-5-6-20-8-11/h7,9-11,13H,1-6,8H2,(H,16,18)(H,17,19). The maximum Gasteiger partial charge on any atom is 0.254 e. The van der Waals surface area contributed by atoms with Gasteiger partial charge in [0.15, 0.2) is 0 Å². The van der Waals surface area contributed by atoms with E-state index in [1.54, 1.807) is 6.20 Å². The Morgan fingerprint density at radius 1 is 1.30 bits per heavy atom. The van der Waals surface area contributed by atoms with Crippen LogP contribution in [0.25, 0.3) is 0 Å². The third-order valence-electron chi connectivity index (χ3n) is 4.81. The van der Waals surface area contributed by atoms with Gasteiger partial charge in [0.25, 0.3) is 5.91 Å². The molecule has 2 aliphatic carbocycles. The second kappa shape index (κ2) is 4.88. The SMILES string of the molecule is O=C(NC(C1CC1)C1CC1)c1cn[nH]c1C1CCOC1. The highest BCUT2D eigenvalue weighted by Crippen LogP contribution is 2.44. The quantitative estimate of drug-likeness (QED) is 0.861. The van der Waals surface area contributed by atoms with Crippen LogP contribution in [0.1, 0.15) is 54.1 Å². The Morgan fingerprint density at radius 2 is 2.05 bits per heavy atom. The van der Waals surface area contributed by atoms with Crippen LogP contribution in [0.5, 0.6) is 0 Å². The predicted molar refractivity (Wildman–Crippen MR) is 73.5 cm³/mol. The summed E-state index contributed by atoms with van der Waals surface area (Å²) in [6, 6.07) is 0.394. The highest BCUT2D eigenvalue weighted by molar-refractivity contribution is 5.95. The summed E-state index contributed by atoms with van der Waals surface area (Å²) in [6.45, 7) is 1.47. The lowest BCUT2D eigenvalue weighted by molar-refractivity contribution is 0.0925. The molecular weight excluding hydrogens is 254 g/mol. The summed E-state index contributed by atoms with van der Waals surface area (Å²) in [4.78, 5) is 12.5. The molecule has 0 spiro atoms. The minimum Gasteiger partial charge on any atom is -0.381 e. The molecule has 2 saturated carbocycles. The van der Waals surface area contributed by atoms with Crippen molar-refractivity contribution in [2.45, 2.75) is 44.1 Å². The summed E-state index contributed by atoms with van der Waals surface area (Å²) in [6.07, 6.45) is 7.73. The van der Waals surface area contributed by atoms with Crippen molar-refractivity contribution in [1.29, 1.82) is 0 Å². The van der Waals surface area contributed by atoms with Crippen molar-refractivity contribution >= 4 is 5.91 Å². The Hall–Kier alpha value is -1.36. The molecule has 0 radical (unpaired) electrons. The predicted octanol–water partition coefficient (Wildman–Crippen LogP) is 1.83. The lowest BCUT2D eigenvalue weighted by Gasteiger charge is -2.18. The minimum absolute atomic E-state index is 0.0458. The molecule has 1 unspecified atom stereocenters. The Kier molecular flexibility index (Phi) is 3.02. The number of H-pyrrole nitrogens is 1. The van der Waals surface area contributed by atoms with Crippen LogP contribution in [-0.4, -0.2) is 35.4 Å². The molecule has 1 saturated heterocycles. The van der Waals surface area contributed by atoms with Gasteiger partial charge in [-0.25, -0.2) is 0 Å². The fourth-order valence-electron chi connectivity index (χ4n) is 3.31. The molecule has 5 heteroatoms. The Balaban J connectivity index is 1.48. The van der Waals surface area contributed by atoms with E-state index in [0.29, 0.717) is 24.1 Å². The zero-order chi connectivity index (χ0) is 13.5. The number of amides is 1. The van der Waals surface area contributed by atoms with Gasteiger partial charge in [-0.2, -0.15) is 5.10 Å². The van der Waals surface area contributed by atoms with Crippen LogP contribution in [0.4, 0.5) is 0 Å². The molecule has 1 aromatic heterocycles. The number of aromatic nitrogens is 2. The van der Waals surface area contributed by atoms with Gasteiger partial charge in [0, 0.05) is 18.6 Å². The molecule has 5 nitrogen and oxygen atoms in total. The number of nitrogens with one attached hydrogen (secondary N) is 2. The maximum absolute atomic E-state index is 12.5. The third-order valence-corrected chi connectivity index (χ3v) is 4.81. The first-order valence-electron chi connectivity index (χ1n) is 7.75. The number of hydrogen-bond donors (Lipinski definition) is 2. The molecule has 2 N–H and O–H groups in total. The lowest BCUT2D eigenvalue weighted by Crippen LogP contribution is -2.38. The molecule has 1 aromatic rings. The molecule has 3 aliphatic rings. The van der Waals surface area contributed by atoms with Crippen molar-refractivity contribution in [3.05, 3.63) is 17.5 Å². The second-order valence-electron chi connectivity index (χ2n) is 6.43. The summed E-state index contributed by atoms with van der Waals surface area (Å²) in [5, 5.41) is 10.3. The number of nitrogens with zero attached hydrogens (tertiary/aromatic N) is 1. The van der Waals surface area contributed by atoms with E-state index in [1.807, 2.05) is 0 Å². The molecule has 0 bridgehead atoms. The summed E-state index contributed by atoms with van der Waals surface area (Å²) in [5.74, 6) is 1.77. The van der Waals surface area contributed by atoms with Gasteiger partial charge < -0.3 is 10.1 Å². The van der Waals surface area contributed by atoms with Crippen molar-refractivity contribution in [2.24, 2.45) is 11.8 Å². The van der Waals surface area contributed by atoms with Gasteiger partial charge in [-0.05, 0) is 43.9 Å². The molecule has 1 aliphatic heterocycles. The third kappa shape index (κ3) is 2.35. The minimum atomic E-state index is 0.0458. The van der Waals surface area contributed by atoms with Crippen LogP contribution in [0.2, 0.25) is 0 Å². The van der Waals surface area contributed by atoms with E-state index in [0.717, 1.165) is 30.6 Å². The fraction of sp³-hybridized carbons (Fsp3) is 0.733. The topological polar surface area (TPSA) is 67.0 Å². The van der Waals surface area contributed by atoms with Crippen LogP contribution in [0.15, 0.2) is 6.20 Å². The number of ether oxygens (including phenoxy) is 1. The van der Waals surface area contributed by atoms with Gasteiger partial charge in [-0.1, -0.05) is 0 Å². The monoisotopic (exact) mass is 275 g/mol. The second-order valence-corrected chi connectivity index (χ2v) is 6.43. The normalized spacial score (nSPS) is 26.1. The number of aromatic amines is 1. The number of carbonyl (C=O) groups is 1. The van der Waals surface area contributed by atoms with Gasteiger partial charge in [0.1, 0.15) is 0 Å². The van der Waals surface area contributed by atoms with Gasteiger partial charge in [-0.3, -0.25) is 9.89 Å². The zero-order valence-electron chi connectivity index (χ0n) is 11.6. The highest BCUT2D eigenvalue weighted by Gasteiger charge is 2.42. The van der Waals surface area contributed by atoms with Gasteiger partial charge in [0.2, 0.25) is 0 Å². The van der Waals surface area contributed by atoms with Crippen LogP contribution in [-0.2, 0) is 4.74 Å². The average Bonchev–Trinajstić information content (AvgIpc) is 3.36. The maximum atomic E-state index is 12.5. The summed E-state index contributed by atoms with van der Waals surface area (Å²) in [7, 11) is 0. The van der Waals surface area contributed by atoms with E-state index in [2.05, 4.69) is 15.5 Å². The van der Waals surface area contributed by atoms with Crippen molar-refractivity contribution in [3.8, 4) is 0 Å². The largest absolute Gasteiger partial charge is 0.381 e. The van der Waals surface area contributed by atoms with Crippen molar-refractivity contribution in [3.63, 3.8) is 0 Å². The van der Waals surface area contributed by atoms with Crippen molar-refractivity contribution in [1.82, 2.24) is 15.5 Å². The van der Waals surface area contributed by atoms with Crippen molar-refractivity contribution in [2.75, 3.05) is 13.2 Å². The van der Waals surface area contributed by atoms with Crippen LogP contribution < -0.4 is 5.32 Å².